The summed E-state index contributed by atoms with van der Waals surface area (Å²) < 4.78 is 13.7. The van der Waals surface area contributed by atoms with E-state index in [2.05, 4.69) is 27.7 Å². The van der Waals surface area contributed by atoms with E-state index in [9.17, 15) is 4.39 Å². The molecular weight excluding hydrogens is 187 g/mol. The summed E-state index contributed by atoms with van der Waals surface area (Å²) in [5, 5.41) is 0. The molecule has 0 unspecified atom stereocenters. The van der Waals surface area contributed by atoms with E-state index in [1.807, 2.05) is 13.8 Å². The molecule has 0 aliphatic carbocycles. The first kappa shape index (κ1) is 14.9. The highest BCUT2D eigenvalue weighted by Crippen LogP contribution is 2.27. The van der Waals surface area contributed by atoms with Crippen molar-refractivity contribution in [1.82, 2.24) is 0 Å². The molecule has 0 aromatic rings. The van der Waals surface area contributed by atoms with Crippen molar-refractivity contribution in [2.24, 2.45) is 23.7 Å². The smallest absolute Gasteiger partial charge is 0.105 e. The van der Waals surface area contributed by atoms with Gasteiger partial charge in [-0.3, -0.25) is 0 Å². The maximum atomic E-state index is 13.7. The van der Waals surface area contributed by atoms with Crippen molar-refractivity contribution >= 4 is 0 Å². The van der Waals surface area contributed by atoms with Gasteiger partial charge in [-0.15, -0.1) is 0 Å². The van der Waals surface area contributed by atoms with Crippen LogP contribution in [-0.2, 0) is 0 Å². The predicted molar refractivity (Wildman–Crippen MR) is 66.8 cm³/mol. The summed E-state index contributed by atoms with van der Waals surface area (Å²) in [6.45, 7) is 12.8. The van der Waals surface area contributed by atoms with Crippen molar-refractivity contribution in [3.63, 3.8) is 0 Å². The lowest BCUT2D eigenvalue weighted by molar-refractivity contribution is 0.161. The molecule has 0 heterocycles. The minimum atomic E-state index is -0.630. The number of hydrogen-bond donors (Lipinski definition) is 0. The van der Waals surface area contributed by atoms with Gasteiger partial charge >= 0.3 is 0 Å². The Morgan fingerprint density at radius 1 is 0.867 bits per heavy atom. The van der Waals surface area contributed by atoms with Crippen molar-refractivity contribution in [2.45, 2.75) is 67.0 Å². The first-order chi connectivity index (χ1) is 6.90. The van der Waals surface area contributed by atoms with Crippen molar-refractivity contribution < 1.29 is 4.39 Å². The van der Waals surface area contributed by atoms with Crippen molar-refractivity contribution in [3.05, 3.63) is 0 Å². The van der Waals surface area contributed by atoms with E-state index < -0.39 is 6.17 Å². The summed E-state index contributed by atoms with van der Waals surface area (Å²) in [5.41, 5.74) is 0. The van der Waals surface area contributed by atoms with Gasteiger partial charge in [0.15, 0.2) is 0 Å². The molecule has 92 valence electrons. The standard InChI is InChI=1S/C14H29F/c1-7-13(10(2)3)9-8-12(6)14(15)11(4)5/h10-14H,7-9H2,1-6H3/t12-,13-,14-/m0/s1. The first-order valence-corrected chi connectivity index (χ1v) is 6.54. The highest BCUT2D eigenvalue weighted by atomic mass is 19.1. The molecule has 0 aromatic carbocycles. The largest absolute Gasteiger partial charge is 0.247 e. The van der Waals surface area contributed by atoms with Gasteiger partial charge < -0.3 is 0 Å². The fourth-order valence-corrected chi connectivity index (χ4v) is 2.30. The molecule has 0 aromatic heterocycles. The Hall–Kier alpha value is -0.0700. The summed E-state index contributed by atoms with van der Waals surface area (Å²) in [7, 11) is 0. The lowest BCUT2D eigenvalue weighted by atomic mass is 9.84. The molecule has 0 amide bonds. The lowest BCUT2D eigenvalue weighted by Crippen LogP contribution is -2.20. The fraction of sp³-hybridized carbons (Fsp3) is 1.00. The van der Waals surface area contributed by atoms with Crippen LogP contribution in [0.4, 0.5) is 4.39 Å². The molecule has 0 aliphatic rings. The molecule has 0 nitrogen and oxygen atoms in total. The Morgan fingerprint density at radius 3 is 1.73 bits per heavy atom. The van der Waals surface area contributed by atoms with Crippen LogP contribution in [0, 0.1) is 23.7 Å². The molecule has 0 saturated heterocycles. The van der Waals surface area contributed by atoms with Gasteiger partial charge in [0.2, 0.25) is 0 Å². The van der Waals surface area contributed by atoms with Gasteiger partial charge in [-0.05, 0) is 36.5 Å². The minimum absolute atomic E-state index is 0.166. The molecule has 15 heavy (non-hydrogen) atoms. The van der Waals surface area contributed by atoms with Crippen LogP contribution in [0.2, 0.25) is 0 Å². The van der Waals surface area contributed by atoms with Crippen LogP contribution in [-0.4, -0.2) is 6.17 Å². The van der Waals surface area contributed by atoms with E-state index >= 15 is 0 Å². The average Bonchev–Trinajstić information content (AvgIpc) is 2.16. The van der Waals surface area contributed by atoms with Crippen molar-refractivity contribution in [1.29, 1.82) is 0 Å². The van der Waals surface area contributed by atoms with Gasteiger partial charge in [-0.2, -0.15) is 0 Å². The molecule has 0 bridgehead atoms. The van der Waals surface area contributed by atoms with Gasteiger partial charge in [-0.1, -0.05) is 48.0 Å². The van der Waals surface area contributed by atoms with Gasteiger partial charge in [-0.25, -0.2) is 4.39 Å². The molecule has 0 N–H and O–H groups in total. The van der Waals surface area contributed by atoms with E-state index in [1.165, 1.54) is 12.8 Å². The van der Waals surface area contributed by atoms with Crippen LogP contribution in [0.15, 0.2) is 0 Å². The Balaban J connectivity index is 3.92. The number of rotatable bonds is 7. The Kier molecular flexibility index (Phi) is 7.21. The van der Waals surface area contributed by atoms with Crippen LogP contribution < -0.4 is 0 Å². The Bertz CT molecular complexity index is 151. The van der Waals surface area contributed by atoms with Crippen molar-refractivity contribution in [2.75, 3.05) is 0 Å². The van der Waals surface area contributed by atoms with E-state index in [0.717, 1.165) is 18.3 Å². The number of halogens is 1. The third-order valence-corrected chi connectivity index (χ3v) is 3.64. The van der Waals surface area contributed by atoms with Crippen LogP contribution in [0.25, 0.3) is 0 Å². The summed E-state index contributed by atoms with van der Waals surface area (Å²) >= 11 is 0. The lowest BCUT2D eigenvalue weighted by Gasteiger charge is -2.24. The van der Waals surface area contributed by atoms with Gasteiger partial charge in [0.25, 0.3) is 0 Å². The quantitative estimate of drug-likeness (QED) is 0.557. The predicted octanol–water partition coefficient (Wildman–Crippen LogP) is 5.08. The topological polar surface area (TPSA) is 0 Å². The maximum absolute atomic E-state index is 13.7. The van der Waals surface area contributed by atoms with Gasteiger partial charge in [0.1, 0.15) is 6.17 Å². The third-order valence-electron chi connectivity index (χ3n) is 3.64. The molecule has 3 atom stereocenters. The zero-order valence-electron chi connectivity index (χ0n) is 11.4. The monoisotopic (exact) mass is 216 g/mol. The average molecular weight is 216 g/mol. The second-order valence-electron chi connectivity index (χ2n) is 5.66. The summed E-state index contributed by atoms with van der Waals surface area (Å²) in [6.07, 6.45) is 2.82. The third kappa shape index (κ3) is 5.53. The van der Waals surface area contributed by atoms with Crippen LogP contribution in [0.5, 0.6) is 0 Å². The van der Waals surface area contributed by atoms with Crippen LogP contribution >= 0.6 is 0 Å². The maximum Gasteiger partial charge on any atom is 0.105 e. The van der Waals surface area contributed by atoms with E-state index in [4.69, 9.17) is 0 Å². The second kappa shape index (κ2) is 7.24. The van der Waals surface area contributed by atoms with E-state index in [0.29, 0.717) is 0 Å². The van der Waals surface area contributed by atoms with Gasteiger partial charge in [0.05, 0.1) is 0 Å². The number of hydrogen-bond acceptors (Lipinski definition) is 0. The van der Waals surface area contributed by atoms with Gasteiger partial charge in [0, 0.05) is 0 Å². The minimum Gasteiger partial charge on any atom is -0.247 e. The van der Waals surface area contributed by atoms with E-state index in [-0.39, 0.29) is 11.8 Å². The Labute approximate surface area is 95.6 Å². The zero-order chi connectivity index (χ0) is 12.0. The SMILES string of the molecule is CC[C@@H](CC[C@H](C)[C@@H](F)C(C)C)C(C)C. The summed E-state index contributed by atoms with van der Waals surface area (Å²) in [5.74, 6) is 1.89. The molecule has 0 aliphatic heterocycles. The number of alkyl halides is 1. The fourth-order valence-electron chi connectivity index (χ4n) is 2.30. The molecule has 0 spiro atoms. The molecular formula is C14H29F. The molecule has 1 heteroatoms. The second-order valence-corrected chi connectivity index (χ2v) is 5.66. The highest BCUT2D eigenvalue weighted by Gasteiger charge is 2.21. The van der Waals surface area contributed by atoms with Crippen LogP contribution in [0.3, 0.4) is 0 Å². The van der Waals surface area contributed by atoms with Crippen molar-refractivity contribution in [3.8, 4) is 0 Å². The first-order valence-electron chi connectivity index (χ1n) is 6.54. The molecule has 0 rings (SSSR count). The summed E-state index contributed by atoms with van der Waals surface area (Å²) in [6, 6.07) is 0. The molecule has 0 radical (unpaired) electrons. The molecule has 0 saturated carbocycles. The normalized spacial score (nSPS) is 18.2. The summed E-state index contributed by atoms with van der Waals surface area (Å²) in [4.78, 5) is 0. The zero-order valence-corrected chi connectivity index (χ0v) is 11.4. The van der Waals surface area contributed by atoms with Crippen LogP contribution in [0.1, 0.15) is 60.8 Å². The highest BCUT2D eigenvalue weighted by molar-refractivity contribution is 4.71. The Morgan fingerprint density at radius 2 is 1.40 bits per heavy atom. The van der Waals surface area contributed by atoms with E-state index in [1.54, 1.807) is 0 Å². The molecule has 0 fully saturated rings.